The van der Waals surface area contributed by atoms with Crippen molar-refractivity contribution in [3.8, 4) is 11.5 Å². The van der Waals surface area contributed by atoms with Gasteiger partial charge in [0, 0.05) is 0 Å². The molecule has 0 unspecified atom stereocenters. The average molecular weight is 235 g/mol. The molecule has 3 N–H and O–H groups in total. The fourth-order valence-electron chi connectivity index (χ4n) is 1.28. The lowest BCUT2D eigenvalue weighted by Crippen LogP contribution is -2.23. The van der Waals surface area contributed by atoms with Gasteiger partial charge < -0.3 is 20.1 Å². The number of hydrogen-bond acceptors (Lipinski definition) is 6. The lowest BCUT2D eigenvalue weighted by molar-refractivity contribution is 0.0944. The average Bonchev–Trinajstić information content (AvgIpc) is 2.79. The third kappa shape index (κ3) is 2.33. The second-order valence-corrected chi connectivity index (χ2v) is 3.20. The van der Waals surface area contributed by atoms with Crippen molar-refractivity contribution >= 4 is 5.91 Å². The van der Waals surface area contributed by atoms with Crippen LogP contribution in [0.15, 0.2) is 29.1 Å². The molecule has 0 aliphatic heterocycles. The Morgan fingerprint density at radius 3 is 2.65 bits per heavy atom. The summed E-state index contributed by atoms with van der Waals surface area (Å²) in [4.78, 5) is 15.4. The first-order valence-electron chi connectivity index (χ1n) is 4.73. The summed E-state index contributed by atoms with van der Waals surface area (Å²) in [6.07, 6.45) is 1.14. The van der Waals surface area contributed by atoms with Gasteiger partial charge in [0.2, 0.25) is 6.39 Å². The molecule has 0 saturated carbocycles. The zero-order valence-corrected chi connectivity index (χ0v) is 8.62. The Labute approximate surface area is 95.7 Å². The first-order valence-corrected chi connectivity index (χ1v) is 4.73. The molecule has 1 aromatic heterocycles. The van der Waals surface area contributed by atoms with Crippen LogP contribution in [0.3, 0.4) is 0 Å². The monoisotopic (exact) mass is 235 g/mol. The molecule has 88 valence electrons. The highest BCUT2D eigenvalue weighted by Crippen LogP contribution is 2.25. The van der Waals surface area contributed by atoms with Crippen LogP contribution in [0.2, 0.25) is 0 Å². The minimum atomic E-state index is -0.620. The molecule has 0 bridgehead atoms. The number of phenols is 2. The van der Waals surface area contributed by atoms with Gasteiger partial charge in [-0.3, -0.25) is 4.79 Å². The molecule has 2 aromatic rings. The Bertz CT molecular complexity index is 504. The third-order valence-electron chi connectivity index (χ3n) is 2.06. The van der Waals surface area contributed by atoms with Gasteiger partial charge in [-0.2, -0.15) is 4.98 Å². The van der Waals surface area contributed by atoms with E-state index in [0.717, 1.165) is 6.39 Å². The van der Waals surface area contributed by atoms with Crippen molar-refractivity contribution in [2.45, 2.75) is 6.54 Å². The molecule has 0 saturated heterocycles. The molecule has 2 rings (SSSR count). The maximum absolute atomic E-state index is 11.7. The molecular weight excluding hydrogens is 226 g/mol. The van der Waals surface area contributed by atoms with Gasteiger partial charge in [0.1, 0.15) is 17.1 Å². The minimum absolute atomic E-state index is 0.0447. The van der Waals surface area contributed by atoms with Crippen molar-refractivity contribution in [1.29, 1.82) is 0 Å². The number of phenolic OH excluding ortho intramolecular Hbond substituents is 2. The van der Waals surface area contributed by atoms with E-state index in [4.69, 9.17) is 0 Å². The molecule has 17 heavy (non-hydrogen) atoms. The number of hydrogen-bond donors (Lipinski definition) is 3. The molecule has 1 amide bonds. The maximum Gasteiger partial charge on any atom is 0.259 e. The van der Waals surface area contributed by atoms with Gasteiger partial charge in [-0.25, -0.2) is 0 Å². The topological polar surface area (TPSA) is 108 Å². The number of carbonyl (C=O) groups excluding carboxylic acids is 1. The Hall–Kier alpha value is -2.57. The highest BCUT2D eigenvalue weighted by atomic mass is 16.5. The van der Waals surface area contributed by atoms with Crippen molar-refractivity contribution in [2.75, 3.05) is 0 Å². The van der Waals surface area contributed by atoms with Crippen LogP contribution in [0.1, 0.15) is 16.2 Å². The smallest absolute Gasteiger partial charge is 0.259 e. The van der Waals surface area contributed by atoms with Gasteiger partial charge in [0.25, 0.3) is 5.91 Å². The van der Waals surface area contributed by atoms with Crippen LogP contribution in [-0.2, 0) is 6.54 Å². The summed E-state index contributed by atoms with van der Waals surface area (Å²) in [5.41, 5.74) is -0.184. The first kappa shape index (κ1) is 10.9. The van der Waals surface area contributed by atoms with E-state index in [0.29, 0.717) is 5.82 Å². The summed E-state index contributed by atoms with van der Waals surface area (Å²) in [6, 6.07) is 4.05. The second-order valence-electron chi connectivity index (χ2n) is 3.20. The number of nitrogens with zero attached hydrogens (tertiary/aromatic N) is 2. The highest BCUT2D eigenvalue weighted by Gasteiger charge is 2.15. The summed E-state index contributed by atoms with van der Waals surface area (Å²) >= 11 is 0. The van der Waals surface area contributed by atoms with Gasteiger partial charge in [-0.15, -0.1) is 0 Å². The quantitative estimate of drug-likeness (QED) is 0.711. The lowest BCUT2D eigenvalue weighted by atomic mass is 10.1. The first-order chi connectivity index (χ1) is 8.18. The third-order valence-corrected chi connectivity index (χ3v) is 2.06. The second kappa shape index (κ2) is 4.52. The number of benzene rings is 1. The van der Waals surface area contributed by atoms with E-state index < -0.39 is 5.91 Å². The summed E-state index contributed by atoms with van der Waals surface area (Å²) < 4.78 is 4.49. The Kier molecular flexibility index (Phi) is 2.91. The van der Waals surface area contributed by atoms with Crippen molar-refractivity contribution in [3.63, 3.8) is 0 Å². The van der Waals surface area contributed by atoms with Crippen molar-refractivity contribution in [2.24, 2.45) is 0 Å². The number of carbonyl (C=O) groups is 1. The molecule has 0 spiro atoms. The summed E-state index contributed by atoms with van der Waals surface area (Å²) in [5.74, 6) is -0.912. The van der Waals surface area contributed by atoms with E-state index in [1.165, 1.54) is 18.2 Å². The fraction of sp³-hybridized carbons (Fsp3) is 0.100. The Morgan fingerprint density at radius 1 is 1.35 bits per heavy atom. The van der Waals surface area contributed by atoms with Gasteiger partial charge in [0.15, 0.2) is 5.82 Å². The summed E-state index contributed by atoms with van der Waals surface area (Å²) in [5, 5.41) is 24.8. The minimum Gasteiger partial charge on any atom is -0.507 e. The molecule has 0 atom stereocenters. The molecular formula is C10H9N3O4. The van der Waals surface area contributed by atoms with E-state index >= 15 is 0 Å². The summed E-state index contributed by atoms with van der Waals surface area (Å²) in [6.45, 7) is 0.0447. The predicted molar refractivity (Wildman–Crippen MR) is 55.2 cm³/mol. The molecule has 0 aliphatic carbocycles. The number of amides is 1. The molecule has 0 radical (unpaired) electrons. The van der Waals surface area contributed by atoms with Crippen LogP contribution in [0, 0.1) is 0 Å². The zero-order chi connectivity index (χ0) is 12.3. The van der Waals surface area contributed by atoms with Gasteiger partial charge in [0.05, 0.1) is 6.54 Å². The molecule has 7 nitrogen and oxygen atoms in total. The Morgan fingerprint density at radius 2 is 2.06 bits per heavy atom. The molecule has 1 aromatic carbocycles. The largest absolute Gasteiger partial charge is 0.507 e. The zero-order valence-electron chi connectivity index (χ0n) is 8.62. The van der Waals surface area contributed by atoms with Crippen LogP contribution in [-0.4, -0.2) is 26.3 Å². The van der Waals surface area contributed by atoms with Gasteiger partial charge in [-0.1, -0.05) is 11.2 Å². The van der Waals surface area contributed by atoms with Crippen molar-refractivity contribution in [3.05, 3.63) is 36.0 Å². The summed E-state index contributed by atoms with van der Waals surface area (Å²) in [7, 11) is 0. The van der Waals surface area contributed by atoms with Crippen LogP contribution < -0.4 is 5.32 Å². The normalized spacial score (nSPS) is 10.1. The predicted octanol–water partition coefficient (Wildman–Crippen LogP) is 0.411. The number of aromatic hydroxyl groups is 2. The number of aromatic nitrogens is 2. The van der Waals surface area contributed by atoms with E-state index in [1.54, 1.807) is 0 Å². The molecule has 0 fully saturated rings. The number of rotatable bonds is 3. The standard InChI is InChI=1S/C10H9N3O4/c14-6-2-1-3-7(15)9(6)10(16)11-4-8-12-5-17-13-8/h1-3,5,14-15H,4H2,(H,11,16). The number of nitrogens with one attached hydrogen (secondary N) is 1. The van der Waals surface area contributed by atoms with Crippen LogP contribution in [0.4, 0.5) is 0 Å². The van der Waals surface area contributed by atoms with Crippen LogP contribution in [0.25, 0.3) is 0 Å². The molecule has 7 heteroatoms. The van der Waals surface area contributed by atoms with Crippen LogP contribution in [0.5, 0.6) is 11.5 Å². The fourth-order valence-corrected chi connectivity index (χ4v) is 1.28. The van der Waals surface area contributed by atoms with E-state index in [-0.39, 0.29) is 23.6 Å². The van der Waals surface area contributed by atoms with Crippen molar-refractivity contribution < 1.29 is 19.5 Å². The van der Waals surface area contributed by atoms with E-state index in [9.17, 15) is 15.0 Å². The van der Waals surface area contributed by atoms with Crippen LogP contribution >= 0.6 is 0 Å². The van der Waals surface area contributed by atoms with E-state index in [2.05, 4.69) is 20.0 Å². The van der Waals surface area contributed by atoms with Gasteiger partial charge in [-0.05, 0) is 12.1 Å². The highest BCUT2D eigenvalue weighted by molar-refractivity contribution is 5.99. The van der Waals surface area contributed by atoms with Gasteiger partial charge >= 0.3 is 0 Å². The molecule has 1 heterocycles. The maximum atomic E-state index is 11.7. The lowest BCUT2D eigenvalue weighted by Gasteiger charge is -2.06. The molecule has 0 aliphatic rings. The SMILES string of the molecule is O=C(NCc1ncon1)c1c(O)cccc1O. The Balaban J connectivity index is 2.10. The van der Waals surface area contributed by atoms with Crippen molar-refractivity contribution in [1.82, 2.24) is 15.5 Å². The van der Waals surface area contributed by atoms with E-state index in [1.807, 2.05) is 0 Å².